The lowest BCUT2D eigenvalue weighted by Gasteiger charge is -2.10. The molecule has 1 aromatic heterocycles. The maximum atomic E-state index is 11.8. The Morgan fingerprint density at radius 1 is 1.35 bits per heavy atom. The van der Waals surface area contributed by atoms with Gasteiger partial charge in [-0.05, 0) is 11.6 Å². The number of carbonyl (C=O) groups is 1. The first-order valence-electron chi connectivity index (χ1n) is 5.86. The van der Waals surface area contributed by atoms with Crippen molar-refractivity contribution in [3.63, 3.8) is 0 Å². The summed E-state index contributed by atoms with van der Waals surface area (Å²) >= 11 is 0. The third kappa shape index (κ3) is 2.83. The summed E-state index contributed by atoms with van der Waals surface area (Å²) in [5, 5.41) is 4.03. The number of nitrogens with two attached hydrogens (primary N) is 1. The smallest absolute Gasteiger partial charge is 0.267 e. The lowest BCUT2D eigenvalue weighted by molar-refractivity contribution is 0.0952. The summed E-state index contributed by atoms with van der Waals surface area (Å²) in [6.07, 6.45) is 0. The molecule has 0 spiro atoms. The van der Waals surface area contributed by atoms with E-state index < -0.39 is 5.91 Å². The predicted molar refractivity (Wildman–Crippen MR) is 72.2 cm³/mol. The zero-order valence-corrected chi connectivity index (χ0v) is 10.9. The van der Waals surface area contributed by atoms with Crippen molar-refractivity contribution in [2.75, 3.05) is 7.11 Å². The fourth-order valence-electron chi connectivity index (χ4n) is 1.77. The maximum Gasteiger partial charge on any atom is 0.267 e. The van der Waals surface area contributed by atoms with Crippen LogP contribution in [0.15, 0.2) is 41.2 Å². The molecule has 1 amide bonds. The molecule has 1 aromatic carbocycles. The van der Waals surface area contributed by atoms with Gasteiger partial charge in [0.1, 0.15) is 0 Å². The minimum absolute atomic E-state index is 0.152. The molecule has 0 saturated heterocycles. The molecule has 0 aliphatic rings. The summed E-state index contributed by atoms with van der Waals surface area (Å²) in [7, 11) is 1.47. The Bertz CT molecular complexity index is 681. The zero-order chi connectivity index (χ0) is 14.5. The van der Waals surface area contributed by atoms with Crippen molar-refractivity contribution in [1.29, 1.82) is 0 Å². The number of aromatic nitrogens is 2. The first kappa shape index (κ1) is 13.8. The van der Waals surface area contributed by atoms with Crippen LogP contribution in [-0.4, -0.2) is 22.8 Å². The van der Waals surface area contributed by atoms with E-state index in [9.17, 15) is 9.59 Å². The number of nitrogens with one attached hydrogen (secondary N) is 1. The largest absolute Gasteiger partial charge is 0.480 e. The van der Waals surface area contributed by atoms with Crippen molar-refractivity contribution in [2.45, 2.75) is 6.54 Å². The SMILES string of the molecule is COc1ccc(=O)n(Cc2ccccc2C(=O)NN)n1. The van der Waals surface area contributed by atoms with Gasteiger partial charge >= 0.3 is 0 Å². The van der Waals surface area contributed by atoms with E-state index in [-0.39, 0.29) is 12.1 Å². The number of hydrazine groups is 1. The van der Waals surface area contributed by atoms with E-state index in [1.807, 2.05) is 0 Å². The third-order valence-electron chi connectivity index (χ3n) is 2.76. The van der Waals surface area contributed by atoms with E-state index in [1.54, 1.807) is 24.3 Å². The normalized spacial score (nSPS) is 10.1. The fourth-order valence-corrected chi connectivity index (χ4v) is 1.77. The molecule has 3 N–H and O–H groups in total. The van der Waals surface area contributed by atoms with E-state index >= 15 is 0 Å². The lowest BCUT2D eigenvalue weighted by atomic mass is 10.1. The van der Waals surface area contributed by atoms with Gasteiger partial charge in [-0.1, -0.05) is 18.2 Å². The second kappa shape index (κ2) is 5.98. The van der Waals surface area contributed by atoms with E-state index in [4.69, 9.17) is 10.6 Å². The Morgan fingerprint density at radius 3 is 2.80 bits per heavy atom. The van der Waals surface area contributed by atoms with Crippen LogP contribution in [0.25, 0.3) is 0 Å². The van der Waals surface area contributed by atoms with E-state index in [2.05, 4.69) is 10.5 Å². The van der Waals surface area contributed by atoms with Gasteiger partial charge in [-0.2, -0.15) is 0 Å². The monoisotopic (exact) mass is 274 g/mol. The summed E-state index contributed by atoms with van der Waals surface area (Å²) < 4.78 is 6.20. The first-order chi connectivity index (χ1) is 9.65. The molecule has 0 saturated carbocycles. The summed E-state index contributed by atoms with van der Waals surface area (Å²) in [6, 6.07) is 9.69. The third-order valence-corrected chi connectivity index (χ3v) is 2.76. The quantitative estimate of drug-likeness (QED) is 0.461. The highest BCUT2D eigenvalue weighted by atomic mass is 16.5. The molecule has 0 aliphatic heterocycles. The Morgan fingerprint density at radius 2 is 2.10 bits per heavy atom. The number of carbonyl (C=O) groups excluding carboxylic acids is 1. The van der Waals surface area contributed by atoms with Gasteiger partial charge in [0.05, 0.1) is 13.7 Å². The highest BCUT2D eigenvalue weighted by Gasteiger charge is 2.11. The van der Waals surface area contributed by atoms with E-state index in [0.717, 1.165) is 0 Å². The molecule has 0 fully saturated rings. The molecule has 1 heterocycles. The number of nitrogen functional groups attached to an aromatic ring is 1. The van der Waals surface area contributed by atoms with Gasteiger partial charge in [-0.3, -0.25) is 15.0 Å². The molecule has 104 valence electrons. The number of amides is 1. The summed E-state index contributed by atoms with van der Waals surface area (Å²) in [5.41, 5.74) is 2.82. The van der Waals surface area contributed by atoms with Crippen LogP contribution in [0.3, 0.4) is 0 Å². The van der Waals surface area contributed by atoms with Crippen LogP contribution in [-0.2, 0) is 6.54 Å². The molecule has 2 aromatic rings. The van der Waals surface area contributed by atoms with Crippen LogP contribution in [0.4, 0.5) is 0 Å². The predicted octanol–water partition coefficient (Wildman–Crippen LogP) is -0.0963. The van der Waals surface area contributed by atoms with Gasteiger partial charge in [0, 0.05) is 17.7 Å². The molecular formula is C13H14N4O3. The lowest BCUT2D eigenvalue weighted by Crippen LogP contribution is -2.31. The Kier molecular flexibility index (Phi) is 4.11. The van der Waals surface area contributed by atoms with Crippen LogP contribution in [0.1, 0.15) is 15.9 Å². The van der Waals surface area contributed by atoms with Crippen LogP contribution in [0, 0.1) is 0 Å². The maximum absolute atomic E-state index is 11.8. The van der Waals surface area contributed by atoms with Gasteiger partial charge in [0.25, 0.3) is 11.5 Å². The van der Waals surface area contributed by atoms with Crippen molar-refractivity contribution >= 4 is 5.91 Å². The van der Waals surface area contributed by atoms with Crippen molar-refractivity contribution in [2.24, 2.45) is 5.84 Å². The minimum Gasteiger partial charge on any atom is -0.480 e. The highest BCUT2D eigenvalue weighted by molar-refractivity contribution is 5.95. The van der Waals surface area contributed by atoms with E-state index in [0.29, 0.717) is 17.0 Å². The molecule has 2 rings (SSSR count). The second-order valence-corrected chi connectivity index (χ2v) is 4.00. The molecule has 20 heavy (non-hydrogen) atoms. The standard InChI is InChI=1S/C13H14N4O3/c1-20-11-6-7-12(18)17(16-11)8-9-4-2-3-5-10(9)13(19)15-14/h2-7H,8,14H2,1H3,(H,15,19). The molecule has 0 atom stereocenters. The van der Waals surface area contributed by atoms with Crippen LogP contribution in [0.5, 0.6) is 5.88 Å². The number of hydrogen-bond donors (Lipinski definition) is 2. The number of benzene rings is 1. The molecule has 0 bridgehead atoms. The Labute approximate surface area is 114 Å². The summed E-state index contributed by atoms with van der Waals surface area (Å²) in [6.45, 7) is 0.152. The number of rotatable bonds is 4. The average molecular weight is 274 g/mol. The van der Waals surface area contributed by atoms with Crippen LogP contribution in [0.2, 0.25) is 0 Å². The molecule has 7 heteroatoms. The van der Waals surface area contributed by atoms with Gasteiger partial charge in [0.2, 0.25) is 5.88 Å². The topological polar surface area (TPSA) is 99.2 Å². The molecule has 0 radical (unpaired) electrons. The van der Waals surface area contributed by atoms with Crippen LogP contribution < -0.4 is 21.6 Å². The molecule has 0 aliphatic carbocycles. The molecular weight excluding hydrogens is 260 g/mol. The summed E-state index contributed by atoms with van der Waals surface area (Å²) in [5.74, 6) is 5.04. The second-order valence-electron chi connectivity index (χ2n) is 4.00. The summed E-state index contributed by atoms with van der Waals surface area (Å²) in [4.78, 5) is 23.4. The number of methoxy groups -OCH3 is 1. The molecule has 7 nitrogen and oxygen atoms in total. The number of nitrogens with zero attached hydrogens (tertiary/aromatic N) is 2. The van der Waals surface area contributed by atoms with Crippen LogP contribution >= 0.6 is 0 Å². The highest BCUT2D eigenvalue weighted by Crippen LogP contribution is 2.10. The molecule has 0 unspecified atom stereocenters. The van der Waals surface area contributed by atoms with Gasteiger partial charge < -0.3 is 4.74 Å². The number of ether oxygens (including phenoxy) is 1. The number of hydrogen-bond acceptors (Lipinski definition) is 5. The fraction of sp³-hybridized carbons (Fsp3) is 0.154. The zero-order valence-electron chi connectivity index (χ0n) is 10.9. The van der Waals surface area contributed by atoms with Crippen molar-refractivity contribution in [3.05, 3.63) is 57.9 Å². The van der Waals surface area contributed by atoms with Crippen molar-refractivity contribution in [3.8, 4) is 5.88 Å². The van der Waals surface area contributed by atoms with Gasteiger partial charge in [0.15, 0.2) is 0 Å². The Hall–Kier alpha value is -2.67. The minimum atomic E-state index is -0.420. The van der Waals surface area contributed by atoms with Gasteiger partial charge in [-0.25, -0.2) is 10.5 Å². The van der Waals surface area contributed by atoms with Crippen molar-refractivity contribution < 1.29 is 9.53 Å². The van der Waals surface area contributed by atoms with Crippen molar-refractivity contribution in [1.82, 2.24) is 15.2 Å². The average Bonchev–Trinajstić information content (AvgIpc) is 2.49. The van der Waals surface area contributed by atoms with E-state index in [1.165, 1.54) is 23.9 Å². The van der Waals surface area contributed by atoms with Gasteiger partial charge in [-0.15, -0.1) is 5.10 Å². The first-order valence-corrected chi connectivity index (χ1v) is 5.86. The Balaban J connectivity index is 2.40.